The Balaban J connectivity index is 1.37. The molecule has 2 atom stereocenters. The number of pyridine rings is 1. The van der Waals surface area contributed by atoms with Crippen molar-refractivity contribution in [3.05, 3.63) is 42.7 Å². The van der Waals surface area contributed by atoms with E-state index in [9.17, 15) is 8.42 Å². The van der Waals surface area contributed by atoms with Gasteiger partial charge < -0.3 is 10.6 Å². The molecule has 0 amide bonds. The molecule has 0 spiro atoms. The van der Waals surface area contributed by atoms with E-state index in [-0.39, 0.29) is 28.4 Å². The van der Waals surface area contributed by atoms with Gasteiger partial charge in [0.15, 0.2) is 0 Å². The fourth-order valence-electron chi connectivity index (χ4n) is 4.20. The van der Waals surface area contributed by atoms with Crippen molar-refractivity contribution in [3.8, 4) is 11.1 Å². The van der Waals surface area contributed by atoms with Crippen molar-refractivity contribution < 1.29 is 8.42 Å². The molecule has 8 nitrogen and oxygen atoms in total. The molecule has 0 radical (unpaired) electrons. The van der Waals surface area contributed by atoms with Crippen molar-refractivity contribution >= 4 is 48.3 Å². The second-order valence-electron chi connectivity index (χ2n) is 8.11. The molecule has 1 aromatic carbocycles. The van der Waals surface area contributed by atoms with E-state index in [1.165, 1.54) is 0 Å². The molecule has 5 rings (SSSR count). The minimum absolute atomic E-state index is 0.0672. The van der Waals surface area contributed by atoms with Gasteiger partial charge in [0.1, 0.15) is 21.5 Å². The van der Waals surface area contributed by atoms with Gasteiger partial charge in [0.2, 0.25) is 0 Å². The van der Waals surface area contributed by atoms with E-state index >= 15 is 0 Å². The lowest BCUT2D eigenvalue weighted by atomic mass is 10.1. The van der Waals surface area contributed by atoms with Crippen LogP contribution in [0.1, 0.15) is 12.8 Å². The maximum absolute atomic E-state index is 11.7. The first-order valence-corrected chi connectivity index (χ1v) is 13.0. The lowest BCUT2D eigenvalue weighted by Crippen LogP contribution is -2.51. The number of hydrogen-bond acceptors (Lipinski definition) is 7. The van der Waals surface area contributed by atoms with Crippen LogP contribution in [-0.4, -0.2) is 64.0 Å². The van der Waals surface area contributed by atoms with Crippen molar-refractivity contribution in [1.82, 2.24) is 20.1 Å². The van der Waals surface area contributed by atoms with Gasteiger partial charge in [0, 0.05) is 35.3 Å². The van der Waals surface area contributed by atoms with Gasteiger partial charge in [-0.05, 0) is 25.0 Å². The monoisotopic (exact) mass is 502 g/mol. The summed E-state index contributed by atoms with van der Waals surface area (Å²) in [6.45, 7) is 0.615. The second kappa shape index (κ2) is 7.99. The van der Waals surface area contributed by atoms with Gasteiger partial charge in [-0.25, -0.2) is 13.1 Å². The Hall–Kier alpha value is -2.30. The number of sulfone groups is 1. The summed E-state index contributed by atoms with van der Waals surface area (Å²) in [5, 5.41) is 21.1. The minimum atomic E-state index is -2.88. The summed E-state index contributed by atoms with van der Waals surface area (Å²) in [6.07, 6.45) is 4.86. The molecular weight excluding hydrogens is 480 g/mol. The smallest absolute Gasteiger partial charge is 0.150 e. The molecule has 2 aliphatic heterocycles. The molecule has 31 heavy (non-hydrogen) atoms. The Morgan fingerprint density at radius 1 is 1.23 bits per heavy atom. The predicted octanol–water partition coefficient (Wildman–Crippen LogP) is 2.65. The summed E-state index contributed by atoms with van der Waals surface area (Å²) >= 11 is 3.64. The molecule has 1 fully saturated rings. The number of benzene rings is 1. The van der Waals surface area contributed by atoms with E-state index in [2.05, 4.69) is 42.7 Å². The number of nitrogens with one attached hydrogen (secondary N) is 3. The molecule has 0 saturated carbocycles. The van der Waals surface area contributed by atoms with Crippen LogP contribution in [0.5, 0.6) is 0 Å². The van der Waals surface area contributed by atoms with Crippen molar-refractivity contribution in [1.29, 1.82) is 5.41 Å². The number of halogens is 1. The zero-order valence-electron chi connectivity index (χ0n) is 16.8. The quantitative estimate of drug-likeness (QED) is 0.472. The number of fused-ring (bicyclic) bond motifs is 2. The maximum atomic E-state index is 11.7. The van der Waals surface area contributed by atoms with E-state index in [4.69, 9.17) is 5.41 Å². The summed E-state index contributed by atoms with van der Waals surface area (Å²) in [5.74, 6) is 1.62. The number of rotatable bonds is 4. The van der Waals surface area contributed by atoms with E-state index in [1.807, 2.05) is 30.5 Å². The molecule has 0 aliphatic carbocycles. The first kappa shape index (κ1) is 20.6. The van der Waals surface area contributed by atoms with Crippen LogP contribution in [0.3, 0.4) is 0 Å². The van der Waals surface area contributed by atoms with Gasteiger partial charge in [-0.15, -0.1) is 0 Å². The standard InChI is InChI=1S/C21H23BrN6O2S/c22-19-18(12-24-15-5-7-31(29,30)8-6-15)27-21-16(11-26-28(21)20(19)23)14-9-13-3-1-2-4-17(13)25-10-14/h1-4,9-11,15,18-19,23-24,27H,5-8,12H2. The van der Waals surface area contributed by atoms with Crippen molar-refractivity contribution in [2.45, 2.75) is 29.8 Å². The SMILES string of the molecule is N=C1C(Br)C(CNC2CCS(=O)(=O)CC2)Nc2c(-c3cnc4ccccc4c3)cnn21. The molecular formula is C21H23BrN6O2S. The zero-order chi connectivity index (χ0) is 21.6. The number of hydrogen-bond donors (Lipinski definition) is 3. The largest absolute Gasteiger partial charge is 0.364 e. The summed E-state index contributed by atoms with van der Waals surface area (Å²) in [5.41, 5.74) is 2.78. The van der Waals surface area contributed by atoms with Gasteiger partial charge in [-0.1, -0.05) is 34.1 Å². The molecule has 2 aliphatic rings. The normalized spacial score (nSPS) is 23.5. The van der Waals surface area contributed by atoms with Crippen molar-refractivity contribution in [2.75, 3.05) is 23.4 Å². The van der Waals surface area contributed by atoms with E-state index < -0.39 is 9.84 Å². The number of nitrogens with zero attached hydrogens (tertiary/aromatic N) is 3. The van der Waals surface area contributed by atoms with Gasteiger partial charge in [-0.3, -0.25) is 10.4 Å². The molecule has 0 bridgehead atoms. The average Bonchev–Trinajstić information content (AvgIpc) is 3.19. The third kappa shape index (κ3) is 3.99. The summed E-state index contributed by atoms with van der Waals surface area (Å²) < 4.78 is 25.0. The van der Waals surface area contributed by atoms with Crippen LogP contribution in [0.4, 0.5) is 5.82 Å². The van der Waals surface area contributed by atoms with Gasteiger partial charge >= 0.3 is 0 Å². The maximum Gasteiger partial charge on any atom is 0.150 e. The number of anilines is 1. The Kier molecular flexibility index (Phi) is 5.31. The molecule has 3 aromatic rings. The first-order valence-electron chi connectivity index (χ1n) is 10.3. The van der Waals surface area contributed by atoms with Crippen molar-refractivity contribution in [2.24, 2.45) is 0 Å². The molecule has 2 unspecified atom stereocenters. The van der Waals surface area contributed by atoms with Crippen LogP contribution in [0.2, 0.25) is 0 Å². The van der Waals surface area contributed by atoms with E-state index in [0.717, 1.165) is 27.8 Å². The third-order valence-electron chi connectivity index (χ3n) is 6.02. The highest BCUT2D eigenvalue weighted by Gasteiger charge is 2.34. The first-order chi connectivity index (χ1) is 14.9. The number of alkyl halides is 1. The van der Waals surface area contributed by atoms with Gasteiger partial charge in [0.05, 0.1) is 34.1 Å². The second-order valence-corrected chi connectivity index (χ2v) is 11.4. The summed E-state index contributed by atoms with van der Waals surface area (Å²) in [4.78, 5) is 4.34. The lowest BCUT2D eigenvalue weighted by Gasteiger charge is -2.33. The molecule has 1 saturated heterocycles. The number of para-hydroxylation sites is 1. The van der Waals surface area contributed by atoms with Gasteiger partial charge in [-0.2, -0.15) is 5.10 Å². The van der Waals surface area contributed by atoms with Crippen molar-refractivity contribution in [3.63, 3.8) is 0 Å². The molecule has 162 valence electrons. The van der Waals surface area contributed by atoms with Gasteiger partial charge in [0.25, 0.3) is 0 Å². The Labute approximate surface area is 189 Å². The van der Waals surface area contributed by atoms with E-state index in [1.54, 1.807) is 10.9 Å². The summed E-state index contributed by atoms with van der Waals surface area (Å²) in [6, 6.07) is 10.2. The minimum Gasteiger partial charge on any atom is -0.364 e. The Bertz CT molecular complexity index is 1240. The van der Waals surface area contributed by atoms with Crippen LogP contribution in [-0.2, 0) is 9.84 Å². The Morgan fingerprint density at radius 3 is 2.81 bits per heavy atom. The van der Waals surface area contributed by atoms with Crippen LogP contribution >= 0.6 is 15.9 Å². The molecule has 10 heteroatoms. The van der Waals surface area contributed by atoms with Crippen LogP contribution < -0.4 is 10.6 Å². The fourth-order valence-corrected chi connectivity index (χ4v) is 6.20. The number of aromatic nitrogens is 3. The average molecular weight is 503 g/mol. The highest BCUT2D eigenvalue weighted by atomic mass is 79.9. The zero-order valence-corrected chi connectivity index (χ0v) is 19.2. The van der Waals surface area contributed by atoms with E-state index in [0.29, 0.717) is 25.2 Å². The highest BCUT2D eigenvalue weighted by molar-refractivity contribution is 9.10. The molecule has 3 N–H and O–H groups in total. The fraction of sp³-hybridized carbons (Fsp3) is 0.381. The Morgan fingerprint density at radius 2 is 2.00 bits per heavy atom. The van der Waals surface area contributed by atoms with Crippen LogP contribution in [0.25, 0.3) is 22.0 Å². The molecule has 2 aromatic heterocycles. The highest BCUT2D eigenvalue weighted by Crippen LogP contribution is 2.33. The summed E-state index contributed by atoms with van der Waals surface area (Å²) in [7, 11) is -2.88. The topological polar surface area (TPSA) is 113 Å². The predicted molar refractivity (Wildman–Crippen MR) is 126 cm³/mol. The van der Waals surface area contributed by atoms with Crippen LogP contribution in [0, 0.1) is 5.41 Å². The lowest BCUT2D eigenvalue weighted by molar-refractivity contribution is 0.450. The van der Waals surface area contributed by atoms with Crippen LogP contribution in [0.15, 0.2) is 42.7 Å². The molecule has 4 heterocycles. The third-order valence-corrected chi connectivity index (χ3v) is 8.80.